The van der Waals surface area contributed by atoms with Crippen molar-refractivity contribution >= 4 is 17.5 Å². The highest BCUT2D eigenvalue weighted by Crippen LogP contribution is 2.38. The van der Waals surface area contributed by atoms with Gasteiger partial charge in [-0.1, -0.05) is 6.07 Å². The van der Waals surface area contributed by atoms with Crippen molar-refractivity contribution in [2.24, 2.45) is 5.92 Å². The Labute approximate surface area is 167 Å². The van der Waals surface area contributed by atoms with Crippen molar-refractivity contribution < 1.29 is 23.1 Å². The predicted molar refractivity (Wildman–Crippen MR) is 104 cm³/mol. The first-order valence-electron chi connectivity index (χ1n) is 9.68. The highest BCUT2D eigenvalue weighted by atomic mass is 19.3. The molecule has 5 nitrogen and oxygen atoms in total. The fourth-order valence-electron chi connectivity index (χ4n) is 4.21. The average molecular weight is 400 g/mol. The van der Waals surface area contributed by atoms with Crippen molar-refractivity contribution in [3.8, 4) is 5.75 Å². The van der Waals surface area contributed by atoms with E-state index in [0.717, 1.165) is 24.9 Å². The van der Waals surface area contributed by atoms with E-state index in [9.17, 15) is 18.4 Å². The number of alkyl halides is 2. The summed E-state index contributed by atoms with van der Waals surface area (Å²) in [6.07, 6.45) is 3.36. The number of hydrogen-bond donors (Lipinski definition) is 1. The molecule has 2 atom stereocenters. The Balaban J connectivity index is 1.47. The van der Waals surface area contributed by atoms with Crippen LogP contribution in [0, 0.1) is 12.8 Å². The van der Waals surface area contributed by atoms with E-state index in [4.69, 9.17) is 0 Å². The number of fused-ring (bicyclic) bond motifs is 2. The number of hydrogen-bond acceptors (Lipinski definition) is 3. The van der Waals surface area contributed by atoms with Crippen LogP contribution in [-0.2, 0) is 0 Å². The molecule has 2 bridgehead atoms. The number of halogens is 2. The molecule has 4 rings (SSSR count). The van der Waals surface area contributed by atoms with Crippen LogP contribution in [0.5, 0.6) is 5.75 Å². The lowest BCUT2D eigenvalue weighted by atomic mass is 10.1. The van der Waals surface area contributed by atoms with Crippen molar-refractivity contribution in [1.29, 1.82) is 0 Å². The molecule has 2 aromatic carbocycles. The number of rotatable bonds is 5. The summed E-state index contributed by atoms with van der Waals surface area (Å²) in [5.74, 6) is 0.216. The van der Waals surface area contributed by atoms with Crippen LogP contribution in [0.4, 0.5) is 14.5 Å². The average Bonchev–Trinajstić information content (AvgIpc) is 3.33. The van der Waals surface area contributed by atoms with E-state index in [0.29, 0.717) is 28.8 Å². The minimum absolute atomic E-state index is 0.00111. The molecule has 2 amide bonds. The number of ether oxygens (including phenoxy) is 1. The molecular weight excluding hydrogens is 378 g/mol. The molecule has 1 saturated carbocycles. The second kappa shape index (κ2) is 7.81. The number of carbonyl (C=O) groups is 2. The number of aryl methyl sites for hydroxylation is 1. The fraction of sp³-hybridized carbons (Fsp3) is 0.364. The number of amides is 2. The van der Waals surface area contributed by atoms with Crippen molar-refractivity contribution in [2.45, 2.75) is 38.8 Å². The van der Waals surface area contributed by atoms with Gasteiger partial charge in [0.25, 0.3) is 11.8 Å². The largest absolute Gasteiger partial charge is 0.435 e. The highest BCUT2D eigenvalue weighted by molar-refractivity contribution is 6.05. The van der Waals surface area contributed by atoms with E-state index in [2.05, 4.69) is 10.1 Å². The molecule has 2 aromatic rings. The zero-order valence-corrected chi connectivity index (χ0v) is 16.0. The Hall–Kier alpha value is -2.96. The molecule has 2 fully saturated rings. The van der Waals surface area contributed by atoms with Crippen molar-refractivity contribution in [1.82, 2.24) is 4.90 Å². The number of benzene rings is 2. The van der Waals surface area contributed by atoms with E-state index in [1.165, 1.54) is 30.7 Å². The standard InChI is InChI=1S/C22H22F2N2O3/c1-13-2-4-16(21(28)26-12-14-3-7-17(26)10-14)11-19(13)25-20(27)15-5-8-18(9-6-15)29-22(23)24/h2,4-6,8-9,11,14,17,22H,3,7,10,12H2,1H3,(H,25,27)/t14-,17-/m0/s1. The van der Waals surface area contributed by atoms with E-state index in [-0.39, 0.29) is 17.6 Å². The van der Waals surface area contributed by atoms with Crippen LogP contribution in [0.25, 0.3) is 0 Å². The van der Waals surface area contributed by atoms with Gasteiger partial charge in [0.15, 0.2) is 0 Å². The SMILES string of the molecule is Cc1ccc(C(=O)N2C[C@H]3CC[C@H]2C3)cc1NC(=O)c1ccc(OC(F)F)cc1. The third-order valence-corrected chi connectivity index (χ3v) is 5.74. The van der Waals surface area contributed by atoms with Crippen LogP contribution >= 0.6 is 0 Å². The van der Waals surface area contributed by atoms with Gasteiger partial charge in [0.2, 0.25) is 0 Å². The summed E-state index contributed by atoms with van der Waals surface area (Å²) in [4.78, 5) is 27.4. The summed E-state index contributed by atoms with van der Waals surface area (Å²) < 4.78 is 28.8. The lowest BCUT2D eigenvalue weighted by molar-refractivity contribution is -0.0498. The maximum absolute atomic E-state index is 12.9. The van der Waals surface area contributed by atoms with Gasteiger partial charge in [-0.3, -0.25) is 9.59 Å². The highest BCUT2D eigenvalue weighted by Gasteiger charge is 2.40. The lowest BCUT2D eigenvalue weighted by Crippen LogP contribution is -2.37. The molecule has 0 aromatic heterocycles. The van der Waals surface area contributed by atoms with Gasteiger partial charge in [0, 0.05) is 29.4 Å². The maximum Gasteiger partial charge on any atom is 0.387 e. The summed E-state index contributed by atoms with van der Waals surface area (Å²) in [5, 5.41) is 2.81. The van der Waals surface area contributed by atoms with E-state index in [1.807, 2.05) is 17.9 Å². The second-order valence-corrected chi connectivity index (χ2v) is 7.68. The first-order valence-corrected chi connectivity index (χ1v) is 9.68. The van der Waals surface area contributed by atoms with Gasteiger partial charge in [-0.05, 0) is 74.1 Å². The van der Waals surface area contributed by atoms with E-state index in [1.54, 1.807) is 12.1 Å². The molecule has 1 aliphatic carbocycles. The second-order valence-electron chi connectivity index (χ2n) is 7.68. The smallest absolute Gasteiger partial charge is 0.387 e. The Kier molecular flexibility index (Phi) is 5.22. The molecule has 152 valence electrons. The van der Waals surface area contributed by atoms with Crippen LogP contribution < -0.4 is 10.1 Å². The van der Waals surface area contributed by atoms with Gasteiger partial charge < -0.3 is 15.0 Å². The molecule has 1 N–H and O–H groups in total. The van der Waals surface area contributed by atoms with Gasteiger partial charge in [-0.2, -0.15) is 8.78 Å². The van der Waals surface area contributed by atoms with E-state index < -0.39 is 6.61 Å². The molecule has 0 radical (unpaired) electrons. The molecular formula is C22H22F2N2O3. The normalized spacial score (nSPS) is 20.2. The summed E-state index contributed by atoms with van der Waals surface area (Å²) in [5.41, 5.74) is 2.24. The lowest BCUT2D eigenvalue weighted by Gasteiger charge is -2.27. The topological polar surface area (TPSA) is 58.6 Å². The van der Waals surface area contributed by atoms with Crippen molar-refractivity contribution in [3.63, 3.8) is 0 Å². The van der Waals surface area contributed by atoms with Crippen LogP contribution in [0.1, 0.15) is 45.5 Å². The Morgan fingerprint density at radius 3 is 2.45 bits per heavy atom. The number of anilines is 1. The summed E-state index contributed by atoms with van der Waals surface area (Å²) in [7, 11) is 0. The van der Waals surface area contributed by atoms with Crippen LogP contribution in [0.2, 0.25) is 0 Å². The molecule has 1 aliphatic heterocycles. The van der Waals surface area contributed by atoms with Crippen molar-refractivity contribution in [3.05, 3.63) is 59.2 Å². The maximum atomic E-state index is 12.9. The van der Waals surface area contributed by atoms with Crippen LogP contribution in [-0.4, -0.2) is 35.9 Å². The number of carbonyl (C=O) groups excluding carboxylic acids is 2. The predicted octanol–water partition coefficient (Wildman–Crippen LogP) is 4.47. The number of likely N-dealkylation sites (tertiary alicyclic amines) is 1. The van der Waals surface area contributed by atoms with Gasteiger partial charge in [-0.25, -0.2) is 0 Å². The van der Waals surface area contributed by atoms with Crippen LogP contribution in [0.3, 0.4) is 0 Å². The first-order chi connectivity index (χ1) is 13.9. The Morgan fingerprint density at radius 1 is 1.10 bits per heavy atom. The molecule has 29 heavy (non-hydrogen) atoms. The molecule has 0 spiro atoms. The first kappa shape index (κ1) is 19.4. The molecule has 1 saturated heterocycles. The minimum Gasteiger partial charge on any atom is -0.435 e. The molecule has 1 heterocycles. The fourth-order valence-corrected chi connectivity index (χ4v) is 4.21. The van der Waals surface area contributed by atoms with Crippen molar-refractivity contribution in [2.75, 3.05) is 11.9 Å². The van der Waals surface area contributed by atoms with E-state index >= 15 is 0 Å². The zero-order chi connectivity index (χ0) is 20.5. The molecule has 7 heteroatoms. The zero-order valence-electron chi connectivity index (χ0n) is 16.0. The number of nitrogens with one attached hydrogen (secondary N) is 1. The summed E-state index contributed by atoms with van der Waals surface area (Å²) in [6.45, 7) is -0.253. The third kappa shape index (κ3) is 4.09. The number of piperidine rings is 1. The quantitative estimate of drug-likeness (QED) is 0.806. The van der Waals surface area contributed by atoms with Crippen LogP contribution in [0.15, 0.2) is 42.5 Å². The van der Waals surface area contributed by atoms with Gasteiger partial charge in [-0.15, -0.1) is 0 Å². The Morgan fingerprint density at radius 2 is 1.83 bits per heavy atom. The monoisotopic (exact) mass is 400 g/mol. The van der Waals surface area contributed by atoms with Gasteiger partial charge in [0.05, 0.1) is 0 Å². The minimum atomic E-state index is -2.91. The Bertz CT molecular complexity index is 930. The summed E-state index contributed by atoms with van der Waals surface area (Å²) in [6, 6.07) is 11.1. The summed E-state index contributed by atoms with van der Waals surface area (Å²) >= 11 is 0. The van der Waals surface area contributed by atoms with Gasteiger partial charge in [0.1, 0.15) is 5.75 Å². The molecule has 2 aliphatic rings. The number of nitrogens with zero attached hydrogens (tertiary/aromatic N) is 1. The van der Waals surface area contributed by atoms with Gasteiger partial charge >= 0.3 is 6.61 Å². The third-order valence-electron chi connectivity index (χ3n) is 5.74. The molecule has 0 unspecified atom stereocenters.